The molecule has 3 rings (SSSR count). The van der Waals surface area contributed by atoms with Gasteiger partial charge >= 0.3 is 6.03 Å². The third-order valence-corrected chi connectivity index (χ3v) is 6.18. The van der Waals surface area contributed by atoms with Crippen molar-refractivity contribution in [2.45, 2.75) is 45.5 Å². The average Bonchev–Trinajstić information content (AvgIpc) is 2.94. The Morgan fingerprint density at radius 3 is 2.24 bits per heavy atom. The van der Waals surface area contributed by atoms with Crippen LogP contribution in [0, 0.1) is 11.6 Å². The smallest absolute Gasteiger partial charge is 0.314 e. The molecule has 0 saturated carbocycles. The fourth-order valence-electron chi connectivity index (χ4n) is 3.79. The van der Waals surface area contributed by atoms with Crippen LogP contribution in [0.5, 0.6) is 0 Å². The van der Waals surface area contributed by atoms with Crippen molar-refractivity contribution < 1.29 is 27.9 Å². The first-order chi connectivity index (χ1) is 19.5. The largest absolute Gasteiger partial charge is 0.376 e. The molecule has 3 aromatic rings. The topological polar surface area (TPSA) is 126 Å². The molecule has 0 aromatic heterocycles. The van der Waals surface area contributed by atoms with Gasteiger partial charge in [-0.2, -0.15) is 0 Å². The second-order valence-electron chi connectivity index (χ2n) is 9.93. The summed E-state index contributed by atoms with van der Waals surface area (Å²) in [6.07, 6.45) is -0.148. The number of rotatable bonds is 11. The zero-order valence-electron chi connectivity index (χ0n) is 23.3. The van der Waals surface area contributed by atoms with E-state index in [9.17, 15) is 23.2 Å². The van der Waals surface area contributed by atoms with Crippen molar-refractivity contribution >= 4 is 17.8 Å². The first-order valence-corrected chi connectivity index (χ1v) is 13.0. The van der Waals surface area contributed by atoms with E-state index in [0.717, 1.165) is 39.4 Å². The molecular weight excluding hydrogens is 532 g/mol. The van der Waals surface area contributed by atoms with Crippen molar-refractivity contribution in [1.82, 2.24) is 21.1 Å². The molecule has 4 amide bonds. The van der Waals surface area contributed by atoms with Crippen molar-refractivity contribution in [3.8, 4) is 11.1 Å². The van der Waals surface area contributed by atoms with Crippen LogP contribution in [0.25, 0.3) is 11.1 Å². The van der Waals surface area contributed by atoms with E-state index >= 15 is 0 Å². The highest BCUT2D eigenvalue weighted by Gasteiger charge is 2.26. The molecule has 0 fully saturated rings. The molecule has 0 bridgehead atoms. The van der Waals surface area contributed by atoms with E-state index in [0.29, 0.717) is 6.54 Å². The third-order valence-electron chi connectivity index (χ3n) is 6.18. The first kappa shape index (κ1) is 31.2. The van der Waals surface area contributed by atoms with Gasteiger partial charge in [-0.3, -0.25) is 15.0 Å². The Labute approximate surface area is 238 Å². The lowest BCUT2D eigenvalue weighted by atomic mass is 9.98. The molecule has 9 nitrogen and oxygen atoms in total. The molecule has 5 N–H and O–H groups in total. The third kappa shape index (κ3) is 9.09. The Morgan fingerprint density at radius 2 is 1.61 bits per heavy atom. The number of hydrogen-bond acceptors (Lipinski definition) is 5. The second kappa shape index (κ2) is 14.3. The molecule has 0 spiro atoms. The number of carbonyl (C=O) groups excluding carboxylic acids is 3. The number of urea groups is 1. The predicted octanol–water partition coefficient (Wildman–Crippen LogP) is 3.76. The molecular formula is C30H35F2N5O4. The molecule has 0 radical (unpaired) electrons. The standard InChI is InChI=1S/C30H35F2N5O4/c1-30(2,33)28(39)36-37(27(38)15-16-41-19-24-25(31)9-6-10-26(24)32)18-20-11-13-21(14-12-20)23-8-5-4-7-22(23)17-35-29(40)34-3/h4-14H,15-19,33H2,1-3H3,(H,36,39)(H2,34,35,40). The van der Waals surface area contributed by atoms with Crippen LogP contribution >= 0.6 is 0 Å². The lowest BCUT2D eigenvalue weighted by Gasteiger charge is -2.27. The van der Waals surface area contributed by atoms with Crippen LogP contribution in [-0.2, 0) is 34.0 Å². The minimum Gasteiger partial charge on any atom is -0.376 e. The Kier molecular flexibility index (Phi) is 10.9. The molecule has 0 saturated heterocycles. The van der Waals surface area contributed by atoms with Crippen LogP contribution < -0.4 is 21.8 Å². The van der Waals surface area contributed by atoms with Gasteiger partial charge in [-0.25, -0.2) is 18.6 Å². The summed E-state index contributed by atoms with van der Waals surface area (Å²) in [7, 11) is 1.55. The Bertz CT molecular complexity index is 1340. The average molecular weight is 568 g/mol. The molecule has 0 atom stereocenters. The summed E-state index contributed by atoms with van der Waals surface area (Å²) in [4.78, 5) is 37.2. The zero-order chi connectivity index (χ0) is 30.0. The van der Waals surface area contributed by atoms with Crippen LogP contribution in [0.3, 0.4) is 0 Å². The maximum atomic E-state index is 13.8. The number of nitrogens with two attached hydrogens (primary N) is 1. The maximum absolute atomic E-state index is 13.8. The second-order valence-corrected chi connectivity index (χ2v) is 9.93. The number of nitrogens with zero attached hydrogens (tertiary/aromatic N) is 1. The fourth-order valence-corrected chi connectivity index (χ4v) is 3.79. The quantitative estimate of drug-likeness (QED) is 0.207. The van der Waals surface area contributed by atoms with E-state index in [1.165, 1.54) is 19.9 Å². The Morgan fingerprint density at radius 1 is 0.951 bits per heavy atom. The summed E-state index contributed by atoms with van der Waals surface area (Å²) in [6, 6.07) is 18.3. The highest BCUT2D eigenvalue weighted by atomic mass is 19.1. The number of carbonyl (C=O) groups is 3. The number of amides is 4. The highest BCUT2D eigenvalue weighted by Crippen LogP contribution is 2.24. The maximum Gasteiger partial charge on any atom is 0.314 e. The van der Waals surface area contributed by atoms with E-state index in [2.05, 4.69) is 16.1 Å². The summed E-state index contributed by atoms with van der Waals surface area (Å²) in [5.41, 5.74) is 10.5. The van der Waals surface area contributed by atoms with Crippen molar-refractivity contribution in [2.75, 3.05) is 13.7 Å². The Hall–Kier alpha value is -4.35. The van der Waals surface area contributed by atoms with Crippen LogP contribution in [0.1, 0.15) is 37.0 Å². The minimum absolute atomic E-state index is 0.0444. The number of ether oxygens (including phenoxy) is 1. The van der Waals surface area contributed by atoms with Gasteiger partial charge in [0.15, 0.2) is 0 Å². The molecule has 0 aliphatic heterocycles. The van der Waals surface area contributed by atoms with Crippen molar-refractivity contribution in [2.24, 2.45) is 5.73 Å². The van der Waals surface area contributed by atoms with Gasteiger partial charge in [0.1, 0.15) is 11.6 Å². The number of nitrogens with one attached hydrogen (secondary N) is 3. The molecule has 11 heteroatoms. The first-order valence-electron chi connectivity index (χ1n) is 13.0. The summed E-state index contributed by atoms with van der Waals surface area (Å²) < 4.78 is 33.0. The normalized spacial score (nSPS) is 11.1. The van der Waals surface area contributed by atoms with Gasteiger partial charge < -0.3 is 21.1 Å². The SMILES string of the molecule is CNC(=O)NCc1ccccc1-c1ccc(CN(NC(=O)C(C)(C)N)C(=O)CCOCc2c(F)cccc2F)cc1. The summed E-state index contributed by atoms with van der Waals surface area (Å²) in [5, 5.41) is 6.46. The predicted molar refractivity (Wildman–Crippen MR) is 151 cm³/mol. The number of hydrogen-bond donors (Lipinski definition) is 4. The molecule has 218 valence electrons. The lowest BCUT2D eigenvalue weighted by Crippen LogP contribution is -2.56. The van der Waals surface area contributed by atoms with E-state index in [-0.39, 0.29) is 37.8 Å². The van der Waals surface area contributed by atoms with Gasteiger partial charge in [0.2, 0.25) is 5.91 Å². The zero-order valence-corrected chi connectivity index (χ0v) is 23.3. The number of hydrazine groups is 1. The minimum atomic E-state index is -1.24. The van der Waals surface area contributed by atoms with E-state index in [4.69, 9.17) is 10.5 Å². The highest BCUT2D eigenvalue weighted by molar-refractivity contribution is 5.87. The number of benzene rings is 3. The van der Waals surface area contributed by atoms with Crippen molar-refractivity contribution in [1.29, 1.82) is 0 Å². The van der Waals surface area contributed by atoms with E-state index in [1.807, 2.05) is 48.5 Å². The van der Waals surface area contributed by atoms with Gasteiger partial charge in [-0.15, -0.1) is 0 Å². The van der Waals surface area contributed by atoms with Crippen molar-refractivity contribution in [3.63, 3.8) is 0 Å². The monoisotopic (exact) mass is 567 g/mol. The summed E-state index contributed by atoms with van der Waals surface area (Å²) in [5.74, 6) is -2.49. The number of halogens is 2. The van der Waals surface area contributed by atoms with Gasteiger partial charge in [0, 0.05) is 19.2 Å². The molecule has 3 aromatic carbocycles. The van der Waals surface area contributed by atoms with Crippen LogP contribution in [-0.4, -0.2) is 42.0 Å². The van der Waals surface area contributed by atoms with Gasteiger partial charge in [-0.05, 0) is 48.2 Å². The van der Waals surface area contributed by atoms with Gasteiger partial charge in [0.05, 0.1) is 31.7 Å². The molecule has 0 unspecified atom stereocenters. The van der Waals surface area contributed by atoms with Crippen LogP contribution in [0.4, 0.5) is 13.6 Å². The lowest BCUT2D eigenvalue weighted by molar-refractivity contribution is -0.144. The van der Waals surface area contributed by atoms with E-state index < -0.39 is 29.0 Å². The molecule has 41 heavy (non-hydrogen) atoms. The van der Waals surface area contributed by atoms with Crippen molar-refractivity contribution in [3.05, 3.63) is 95.1 Å². The fraction of sp³-hybridized carbons (Fsp3) is 0.300. The Balaban J connectivity index is 1.69. The van der Waals surface area contributed by atoms with E-state index in [1.54, 1.807) is 7.05 Å². The summed E-state index contributed by atoms with van der Waals surface area (Å²) in [6.45, 7) is 2.96. The van der Waals surface area contributed by atoms with Gasteiger partial charge in [-0.1, -0.05) is 54.6 Å². The van der Waals surface area contributed by atoms with Crippen LogP contribution in [0.15, 0.2) is 66.7 Å². The molecule has 0 aliphatic rings. The molecule has 0 aliphatic carbocycles. The summed E-state index contributed by atoms with van der Waals surface area (Å²) >= 11 is 0. The molecule has 0 heterocycles. The van der Waals surface area contributed by atoms with Gasteiger partial charge in [0.25, 0.3) is 5.91 Å². The van der Waals surface area contributed by atoms with Crippen LogP contribution in [0.2, 0.25) is 0 Å².